The summed E-state index contributed by atoms with van der Waals surface area (Å²) >= 11 is 0. The normalized spacial score (nSPS) is 17.5. The number of hydrogen-bond acceptors (Lipinski definition) is 3. The van der Waals surface area contributed by atoms with Crippen LogP contribution in [0.4, 0.5) is 0 Å². The molecule has 1 atom stereocenters. The summed E-state index contributed by atoms with van der Waals surface area (Å²) in [6.45, 7) is 6.91. The first-order chi connectivity index (χ1) is 11.3. The molecule has 0 spiro atoms. The van der Waals surface area contributed by atoms with Crippen LogP contribution in [0, 0.1) is 6.92 Å². The van der Waals surface area contributed by atoms with Crippen molar-refractivity contribution >= 4 is 15.9 Å². The maximum absolute atomic E-state index is 12.9. The number of piperidine rings is 1. The second-order valence-electron chi connectivity index (χ2n) is 6.62. The van der Waals surface area contributed by atoms with Gasteiger partial charge in [-0.05, 0) is 50.8 Å². The molecular weight excluding hydrogens is 324 g/mol. The zero-order valence-corrected chi connectivity index (χ0v) is 15.9. The molecular formula is C18H28N2O3S. The molecule has 1 heterocycles. The summed E-state index contributed by atoms with van der Waals surface area (Å²) in [5, 5.41) is 0. The quantitative estimate of drug-likeness (QED) is 0.818. The number of carbonyl (C=O) groups is 1. The molecule has 1 aliphatic heterocycles. The van der Waals surface area contributed by atoms with Gasteiger partial charge in [0.1, 0.15) is 0 Å². The van der Waals surface area contributed by atoms with Gasteiger partial charge in [-0.15, -0.1) is 0 Å². The Hall–Kier alpha value is -1.40. The van der Waals surface area contributed by atoms with Crippen LogP contribution in [0.25, 0.3) is 0 Å². The zero-order valence-electron chi connectivity index (χ0n) is 15.1. The Kier molecular flexibility index (Phi) is 6.04. The number of hydrogen-bond donors (Lipinski definition) is 0. The van der Waals surface area contributed by atoms with Crippen molar-refractivity contribution in [2.75, 3.05) is 20.1 Å². The molecule has 1 saturated heterocycles. The number of nitrogens with zero attached hydrogens (tertiary/aromatic N) is 2. The lowest BCUT2D eigenvalue weighted by Crippen LogP contribution is -2.37. The monoisotopic (exact) mass is 352 g/mol. The SMILES string of the molecule is CCC(C)N(C)C(=O)c1ccc(C)c(S(=O)(=O)N2CCCCC2)c1. The van der Waals surface area contributed by atoms with Crippen molar-refractivity contribution in [1.82, 2.24) is 9.21 Å². The molecule has 0 aliphatic carbocycles. The van der Waals surface area contributed by atoms with Crippen LogP contribution in [-0.2, 0) is 10.0 Å². The Bertz CT molecular complexity index is 694. The van der Waals surface area contributed by atoms with Gasteiger partial charge in [-0.25, -0.2) is 8.42 Å². The average Bonchev–Trinajstić information content (AvgIpc) is 2.60. The molecule has 1 amide bonds. The topological polar surface area (TPSA) is 57.7 Å². The summed E-state index contributed by atoms with van der Waals surface area (Å²) in [4.78, 5) is 14.6. The fraction of sp³-hybridized carbons (Fsp3) is 0.611. The van der Waals surface area contributed by atoms with E-state index in [-0.39, 0.29) is 16.8 Å². The van der Waals surface area contributed by atoms with Gasteiger partial charge in [-0.1, -0.05) is 19.4 Å². The van der Waals surface area contributed by atoms with Crippen LogP contribution in [0.15, 0.2) is 23.1 Å². The molecule has 134 valence electrons. The molecule has 1 aromatic rings. The highest BCUT2D eigenvalue weighted by Gasteiger charge is 2.28. The first-order valence-electron chi connectivity index (χ1n) is 8.67. The number of aryl methyl sites for hydroxylation is 1. The fourth-order valence-corrected chi connectivity index (χ4v) is 4.70. The van der Waals surface area contributed by atoms with E-state index in [1.807, 2.05) is 13.8 Å². The average molecular weight is 353 g/mol. The van der Waals surface area contributed by atoms with Crippen LogP contribution in [0.3, 0.4) is 0 Å². The van der Waals surface area contributed by atoms with Gasteiger partial charge >= 0.3 is 0 Å². The molecule has 1 unspecified atom stereocenters. The van der Waals surface area contributed by atoms with Crippen molar-refractivity contribution in [3.63, 3.8) is 0 Å². The van der Waals surface area contributed by atoms with Crippen LogP contribution in [-0.4, -0.2) is 49.7 Å². The van der Waals surface area contributed by atoms with Gasteiger partial charge in [0, 0.05) is 31.7 Å². The summed E-state index contributed by atoms with van der Waals surface area (Å²) in [5.41, 5.74) is 1.11. The molecule has 24 heavy (non-hydrogen) atoms. The predicted octanol–water partition coefficient (Wildman–Crippen LogP) is 3.04. The van der Waals surface area contributed by atoms with Gasteiger partial charge in [0.15, 0.2) is 0 Å². The van der Waals surface area contributed by atoms with E-state index >= 15 is 0 Å². The smallest absolute Gasteiger partial charge is 0.253 e. The van der Waals surface area contributed by atoms with E-state index in [9.17, 15) is 13.2 Å². The molecule has 0 saturated carbocycles. The molecule has 2 rings (SSSR count). The largest absolute Gasteiger partial charge is 0.339 e. The minimum Gasteiger partial charge on any atom is -0.339 e. The third kappa shape index (κ3) is 3.81. The van der Waals surface area contributed by atoms with Crippen LogP contribution in [0.1, 0.15) is 55.5 Å². The van der Waals surface area contributed by atoms with Crippen molar-refractivity contribution in [2.24, 2.45) is 0 Å². The Morgan fingerprint density at radius 2 is 1.88 bits per heavy atom. The van der Waals surface area contributed by atoms with E-state index in [0.717, 1.165) is 25.7 Å². The van der Waals surface area contributed by atoms with Crippen molar-refractivity contribution in [3.05, 3.63) is 29.3 Å². The van der Waals surface area contributed by atoms with E-state index < -0.39 is 10.0 Å². The molecule has 0 radical (unpaired) electrons. The lowest BCUT2D eigenvalue weighted by atomic mass is 10.1. The van der Waals surface area contributed by atoms with Crippen molar-refractivity contribution in [3.8, 4) is 0 Å². The van der Waals surface area contributed by atoms with Crippen molar-refractivity contribution in [2.45, 2.75) is 57.4 Å². The molecule has 0 N–H and O–H groups in total. The zero-order chi connectivity index (χ0) is 17.9. The molecule has 0 bridgehead atoms. The number of amides is 1. The van der Waals surface area contributed by atoms with Crippen LogP contribution in [0.5, 0.6) is 0 Å². The van der Waals surface area contributed by atoms with Crippen molar-refractivity contribution < 1.29 is 13.2 Å². The summed E-state index contributed by atoms with van der Waals surface area (Å²) < 4.78 is 27.4. The Balaban J connectivity index is 2.36. The van der Waals surface area contributed by atoms with E-state index in [1.54, 1.807) is 41.4 Å². The lowest BCUT2D eigenvalue weighted by molar-refractivity contribution is 0.0740. The minimum atomic E-state index is -3.54. The van der Waals surface area contributed by atoms with Gasteiger partial charge < -0.3 is 4.90 Å². The first kappa shape index (κ1) is 18.9. The maximum Gasteiger partial charge on any atom is 0.253 e. The van der Waals surface area contributed by atoms with Gasteiger partial charge in [-0.3, -0.25) is 4.79 Å². The maximum atomic E-state index is 12.9. The van der Waals surface area contributed by atoms with E-state index in [0.29, 0.717) is 24.2 Å². The van der Waals surface area contributed by atoms with Crippen LogP contribution < -0.4 is 0 Å². The predicted molar refractivity (Wildman–Crippen MR) is 95.6 cm³/mol. The number of sulfonamides is 1. The van der Waals surface area contributed by atoms with E-state index in [1.165, 1.54) is 0 Å². The summed E-state index contributed by atoms with van der Waals surface area (Å²) in [6, 6.07) is 5.10. The number of carbonyl (C=O) groups excluding carboxylic acids is 1. The summed E-state index contributed by atoms with van der Waals surface area (Å²) in [7, 11) is -1.78. The van der Waals surface area contributed by atoms with Crippen LogP contribution in [0.2, 0.25) is 0 Å². The summed E-state index contributed by atoms with van der Waals surface area (Å²) in [5.74, 6) is -0.139. The third-order valence-corrected chi connectivity index (χ3v) is 6.98. The summed E-state index contributed by atoms with van der Waals surface area (Å²) in [6.07, 6.45) is 3.72. The standard InChI is InChI=1S/C18H28N2O3S/c1-5-15(3)19(4)18(21)16-10-9-14(2)17(13-16)24(22,23)20-11-7-6-8-12-20/h9-10,13,15H,5-8,11-12H2,1-4H3. The Morgan fingerprint density at radius 3 is 2.46 bits per heavy atom. The molecule has 1 aromatic carbocycles. The van der Waals surface area contributed by atoms with Gasteiger partial charge in [0.05, 0.1) is 4.90 Å². The van der Waals surface area contributed by atoms with Crippen LogP contribution >= 0.6 is 0 Å². The molecule has 5 nitrogen and oxygen atoms in total. The minimum absolute atomic E-state index is 0.112. The molecule has 1 aliphatic rings. The Labute approximate surface area is 145 Å². The van der Waals surface area contributed by atoms with E-state index in [2.05, 4.69) is 0 Å². The van der Waals surface area contributed by atoms with Gasteiger partial charge in [0.2, 0.25) is 10.0 Å². The molecule has 6 heteroatoms. The molecule has 0 aromatic heterocycles. The van der Waals surface area contributed by atoms with E-state index in [4.69, 9.17) is 0 Å². The van der Waals surface area contributed by atoms with Crippen molar-refractivity contribution in [1.29, 1.82) is 0 Å². The second kappa shape index (κ2) is 7.66. The third-order valence-electron chi connectivity index (χ3n) is 4.94. The number of benzene rings is 1. The second-order valence-corrected chi connectivity index (χ2v) is 8.52. The highest BCUT2D eigenvalue weighted by molar-refractivity contribution is 7.89. The number of rotatable bonds is 5. The van der Waals surface area contributed by atoms with Gasteiger partial charge in [-0.2, -0.15) is 4.31 Å². The highest BCUT2D eigenvalue weighted by Crippen LogP contribution is 2.25. The fourth-order valence-electron chi connectivity index (χ4n) is 2.93. The highest BCUT2D eigenvalue weighted by atomic mass is 32.2. The molecule has 1 fully saturated rings. The Morgan fingerprint density at radius 1 is 1.25 bits per heavy atom. The first-order valence-corrected chi connectivity index (χ1v) is 10.1. The lowest BCUT2D eigenvalue weighted by Gasteiger charge is -2.27. The van der Waals surface area contributed by atoms with Gasteiger partial charge in [0.25, 0.3) is 5.91 Å².